The third-order valence-electron chi connectivity index (χ3n) is 2.85. The van der Waals surface area contributed by atoms with Crippen LogP contribution in [-0.2, 0) is 9.53 Å². The fourth-order valence-electron chi connectivity index (χ4n) is 1.83. The van der Waals surface area contributed by atoms with Crippen LogP contribution in [0.1, 0.15) is 25.3 Å². The van der Waals surface area contributed by atoms with Crippen molar-refractivity contribution < 1.29 is 19.0 Å². The molecule has 0 radical (unpaired) electrons. The minimum absolute atomic E-state index is 0.0328. The summed E-state index contributed by atoms with van der Waals surface area (Å²) in [5.74, 6) is 0.652. The van der Waals surface area contributed by atoms with Crippen molar-refractivity contribution in [3.05, 3.63) is 29.3 Å². The lowest BCUT2D eigenvalue weighted by atomic mass is 10.1. The highest BCUT2D eigenvalue weighted by Gasteiger charge is 2.11. The Morgan fingerprint density at radius 2 is 2.04 bits per heavy atom. The molecule has 1 rings (SSSR count). The van der Waals surface area contributed by atoms with Crippen LogP contribution in [0.4, 0.5) is 0 Å². The van der Waals surface area contributed by atoms with E-state index in [1.807, 2.05) is 0 Å². The van der Waals surface area contributed by atoms with Crippen molar-refractivity contribution in [1.29, 1.82) is 10.5 Å². The van der Waals surface area contributed by atoms with Crippen molar-refractivity contribution in [2.24, 2.45) is 0 Å². The molecular weight excluding hydrogens is 296 g/mol. The molecule has 1 aromatic rings. The second kappa shape index (κ2) is 9.86. The van der Waals surface area contributed by atoms with Gasteiger partial charge in [-0.1, -0.05) is 12.1 Å². The van der Waals surface area contributed by atoms with E-state index in [2.05, 4.69) is 0 Å². The molecule has 120 valence electrons. The first-order valence-electron chi connectivity index (χ1n) is 7.13. The van der Waals surface area contributed by atoms with Crippen LogP contribution in [0.15, 0.2) is 23.8 Å². The van der Waals surface area contributed by atoms with E-state index in [-0.39, 0.29) is 24.6 Å². The van der Waals surface area contributed by atoms with Gasteiger partial charge in [-0.3, -0.25) is 4.79 Å². The molecule has 23 heavy (non-hydrogen) atoms. The fourth-order valence-corrected chi connectivity index (χ4v) is 1.83. The second-order valence-corrected chi connectivity index (χ2v) is 4.42. The number of benzene rings is 1. The first-order chi connectivity index (χ1) is 11.2. The number of hydrogen-bond acceptors (Lipinski definition) is 6. The molecule has 6 heteroatoms. The van der Waals surface area contributed by atoms with Crippen LogP contribution < -0.4 is 9.47 Å². The molecule has 0 N–H and O–H groups in total. The number of ether oxygens (including phenoxy) is 3. The summed E-state index contributed by atoms with van der Waals surface area (Å²) in [6.45, 7) is 2.39. The molecule has 6 nitrogen and oxygen atoms in total. The number of nitrogens with zero attached hydrogens (tertiary/aromatic N) is 2. The number of nitriles is 2. The predicted octanol–water partition coefficient (Wildman–Crippen LogP) is 2.85. The molecule has 0 saturated carbocycles. The van der Waals surface area contributed by atoms with Crippen molar-refractivity contribution in [3.8, 4) is 23.6 Å². The Morgan fingerprint density at radius 1 is 1.30 bits per heavy atom. The summed E-state index contributed by atoms with van der Waals surface area (Å²) in [4.78, 5) is 11.3. The van der Waals surface area contributed by atoms with Gasteiger partial charge in [-0.05, 0) is 25.5 Å². The number of hydrogen-bond donors (Lipinski definition) is 0. The third kappa shape index (κ3) is 5.72. The van der Waals surface area contributed by atoms with Gasteiger partial charge in [-0.2, -0.15) is 10.5 Å². The lowest BCUT2D eigenvalue weighted by Crippen LogP contribution is -2.07. The minimum Gasteiger partial charge on any atom is -0.493 e. The molecule has 0 atom stereocenters. The maximum atomic E-state index is 11.3. The monoisotopic (exact) mass is 314 g/mol. The van der Waals surface area contributed by atoms with E-state index in [1.54, 1.807) is 37.3 Å². The van der Waals surface area contributed by atoms with E-state index in [4.69, 9.17) is 24.7 Å². The summed E-state index contributed by atoms with van der Waals surface area (Å²) >= 11 is 0. The van der Waals surface area contributed by atoms with E-state index >= 15 is 0 Å². The molecule has 0 aliphatic rings. The summed E-state index contributed by atoms with van der Waals surface area (Å²) in [5.41, 5.74) is 0.535. The summed E-state index contributed by atoms with van der Waals surface area (Å²) < 4.78 is 15.8. The number of rotatable bonds is 8. The smallest absolute Gasteiger partial charge is 0.305 e. The molecular formula is C17H18N2O4. The van der Waals surface area contributed by atoms with Gasteiger partial charge in [0.1, 0.15) is 17.7 Å². The number of para-hydroxylation sites is 1. The van der Waals surface area contributed by atoms with Crippen molar-refractivity contribution in [3.63, 3.8) is 0 Å². The normalized spacial score (nSPS) is 9.22. The Balaban J connectivity index is 2.84. The molecule has 1 aromatic carbocycles. The Labute approximate surface area is 135 Å². The summed E-state index contributed by atoms with van der Waals surface area (Å²) in [5, 5.41) is 17.7. The van der Waals surface area contributed by atoms with Gasteiger partial charge in [0.25, 0.3) is 0 Å². The minimum atomic E-state index is -0.271. The number of carbonyl (C=O) groups excluding carboxylic acids is 1. The zero-order valence-electron chi connectivity index (χ0n) is 13.2. The second-order valence-electron chi connectivity index (χ2n) is 4.42. The number of carbonyl (C=O) groups is 1. The van der Waals surface area contributed by atoms with Crippen LogP contribution in [0.5, 0.6) is 11.5 Å². The fraction of sp³-hybridized carbons (Fsp3) is 0.353. The Hall–Kier alpha value is -2.99. The van der Waals surface area contributed by atoms with Gasteiger partial charge >= 0.3 is 5.97 Å². The predicted molar refractivity (Wildman–Crippen MR) is 83.6 cm³/mol. The van der Waals surface area contributed by atoms with Crippen LogP contribution in [0.2, 0.25) is 0 Å². The summed E-state index contributed by atoms with van der Waals surface area (Å²) in [6, 6.07) is 8.78. The molecule has 0 heterocycles. The molecule has 0 unspecified atom stereocenters. The van der Waals surface area contributed by atoms with Crippen LogP contribution in [0.25, 0.3) is 6.08 Å². The molecule has 0 aromatic heterocycles. The first kappa shape index (κ1) is 18.1. The Kier molecular flexibility index (Phi) is 7.74. The van der Waals surface area contributed by atoms with E-state index in [0.717, 1.165) is 0 Å². The van der Waals surface area contributed by atoms with Gasteiger partial charge in [-0.15, -0.1) is 0 Å². The molecule has 0 bridgehead atoms. The SMILES string of the molecule is CCOC(=O)CCCOc1c(C=C(C#N)C#N)cccc1OC. The molecule has 0 aliphatic heterocycles. The van der Waals surface area contributed by atoms with Crippen LogP contribution in [0, 0.1) is 22.7 Å². The lowest BCUT2D eigenvalue weighted by Gasteiger charge is -2.13. The quantitative estimate of drug-likeness (QED) is 0.416. The zero-order valence-corrected chi connectivity index (χ0v) is 13.2. The number of allylic oxidation sites excluding steroid dienone is 1. The summed E-state index contributed by atoms with van der Waals surface area (Å²) in [7, 11) is 1.50. The van der Waals surface area contributed by atoms with Crippen LogP contribution >= 0.6 is 0 Å². The largest absolute Gasteiger partial charge is 0.493 e. The van der Waals surface area contributed by atoms with Crippen molar-refractivity contribution >= 4 is 12.0 Å². The molecule has 0 aliphatic carbocycles. The molecule has 0 amide bonds. The van der Waals surface area contributed by atoms with Gasteiger partial charge in [-0.25, -0.2) is 0 Å². The lowest BCUT2D eigenvalue weighted by molar-refractivity contribution is -0.143. The van der Waals surface area contributed by atoms with E-state index < -0.39 is 0 Å². The van der Waals surface area contributed by atoms with Crippen molar-refractivity contribution in [2.45, 2.75) is 19.8 Å². The molecule has 0 saturated heterocycles. The van der Waals surface area contributed by atoms with Gasteiger partial charge in [0.15, 0.2) is 11.5 Å². The zero-order chi connectivity index (χ0) is 17.1. The van der Waals surface area contributed by atoms with Crippen LogP contribution in [0.3, 0.4) is 0 Å². The average molecular weight is 314 g/mol. The Bertz CT molecular complexity index is 638. The maximum absolute atomic E-state index is 11.3. The maximum Gasteiger partial charge on any atom is 0.305 e. The number of esters is 1. The summed E-state index contributed by atoms with van der Waals surface area (Å²) in [6.07, 6.45) is 2.18. The van der Waals surface area contributed by atoms with E-state index in [9.17, 15) is 4.79 Å². The van der Waals surface area contributed by atoms with Crippen molar-refractivity contribution in [1.82, 2.24) is 0 Å². The Morgan fingerprint density at radius 3 is 2.65 bits per heavy atom. The highest BCUT2D eigenvalue weighted by atomic mass is 16.5. The number of methoxy groups -OCH3 is 1. The molecule has 0 fully saturated rings. The van der Waals surface area contributed by atoms with Crippen molar-refractivity contribution in [2.75, 3.05) is 20.3 Å². The van der Waals surface area contributed by atoms with Gasteiger partial charge in [0.2, 0.25) is 0 Å². The first-order valence-corrected chi connectivity index (χ1v) is 7.13. The third-order valence-corrected chi connectivity index (χ3v) is 2.85. The standard InChI is InChI=1S/C17H18N2O4/c1-3-22-16(20)8-5-9-23-17-14(10-13(11-18)12-19)6-4-7-15(17)21-2/h4,6-7,10H,3,5,8-9H2,1-2H3. The van der Waals surface area contributed by atoms with Gasteiger partial charge in [0, 0.05) is 12.0 Å². The molecule has 0 spiro atoms. The topological polar surface area (TPSA) is 92.3 Å². The van der Waals surface area contributed by atoms with Crippen LogP contribution in [-0.4, -0.2) is 26.3 Å². The van der Waals surface area contributed by atoms with Gasteiger partial charge < -0.3 is 14.2 Å². The van der Waals surface area contributed by atoms with E-state index in [0.29, 0.717) is 30.1 Å². The van der Waals surface area contributed by atoms with E-state index in [1.165, 1.54) is 13.2 Å². The highest BCUT2D eigenvalue weighted by Crippen LogP contribution is 2.32. The van der Waals surface area contributed by atoms with Gasteiger partial charge in [0.05, 0.1) is 20.3 Å². The highest BCUT2D eigenvalue weighted by molar-refractivity contribution is 5.69. The average Bonchev–Trinajstić information content (AvgIpc) is 2.57.